The van der Waals surface area contributed by atoms with Gasteiger partial charge in [-0.25, -0.2) is 9.36 Å². The monoisotopic (exact) mass is 378 g/mol. The number of carboxylic acid groups (broad SMARTS) is 1. The highest BCUT2D eigenvalue weighted by atomic mass is 16.4. The number of pyridine rings is 1. The molecule has 3 heterocycles. The summed E-state index contributed by atoms with van der Waals surface area (Å²) < 4.78 is 2.19. The van der Waals surface area contributed by atoms with Gasteiger partial charge >= 0.3 is 11.7 Å². The lowest BCUT2D eigenvalue weighted by Crippen LogP contribution is -2.42. The first-order valence-electron chi connectivity index (χ1n) is 8.77. The van der Waals surface area contributed by atoms with Crippen LogP contribution in [0.1, 0.15) is 24.1 Å². The first-order chi connectivity index (χ1) is 13.4. The summed E-state index contributed by atoms with van der Waals surface area (Å²) in [6.45, 7) is 3.13. The Morgan fingerprint density at radius 2 is 2.07 bits per heavy atom. The number of nitrogens with zero attached hydrogens (tertiary/aromatic N) is 3. The number of benzene rings is 1. The van der Waals surface area contributed by atoms with E-state index in [2.05, 4.69) is 9.97 Å². The number of H-pyrrole nitrogens is 1. The van der Waals surface area contributed by atoms with Crippen LogP contribution in [0.4, 0.5) is 0 Å². The standard InChI is InChI=1S/C20H18N4O4/c1-11-4-3-5-15-18(11)14(8-22-15)12(2)24-16-9-21-7-6-13(16)19(27)23(20(24)28)10-17(25)26/h3-9,12,22H,10H2,1-2H3,(H,25,26). The maximum Gasteiger partial charge on any atom is 0.332 e. The maximum atomic E-state index is 13.1. The molecule has 4 rings (SSSR count). The number of hydrogen-bond donors (Lipinski definition) is 2. The fourth-order valence-corrected chi connectivity index (χ4v) is 3.74. The molecule has 0 aliphatic rings. The SMILES string of the molecule is Cc1cccc2[nH]cc(C(C)n3c(=O)n(CC(=O)O)c(=O)c4ccncc43)c12. The Morgan fingerprint density at radius 3 is 2.82 bits per heavy atom. The van der Waals surface area contributed by atoms with Gasteiger partial charge in [-0.1, -0.05) is 12.1 Å². The Kier molecular flexibility index (Phi) is 4.11. The Balaban J connectivity index is 2.06. The van der Waals surface area contributed by atoms with E-state index < -0.39 is 29.8 Å². The number of aryl methyl sites for hydroxylation is 1. The minimum absolute atomic E-state index is 0.249. The van der Waals surface area contributed by atoms with Crippen molar-refractivity contribution >= 4 is 27.8 Å². The van der Waals surface area contributed by atoms with Gasteiger partial charge in [0.2, 0.25) is 0 Å². The molecule has 0 aliphatic carbocycles. The molecule has 0 saturated carbocycles. The molecule has 0 saturated heterocycles. The molecule has 0 aliphatic heterocycles. The van der Waals surface area contributed by atoms with E-state index in [1.165, 1.54) is 23.0 Å². The first kappa shape index (κ1) is 17.7. The van der Waals surface area contributed by atoms with Gasteiger partial charge in [-0.2, -0.15) is 0 Å². The molecule has 1 atom stereocenters. The van der Waals surface area contributed by atoms with Crippen LogP contribution in [0, 0.1) is 6.92 Å². The normalized spacial score (nSPS) is 12.5. The van der Waals surface area contributed by atoms with Gasteiger partial charge < -0.3 is 10.1 Å². The Bertz CT molecular complexity index is 1350. The molecule has 8 nitrogen and oxygen atoms in total. The van der Waals surface area contributed by atoms with Gasteiger partial charge in [0.1, 0.15) is 6.54 Å². The van der Waals surface area contributed by atoms with E-state index in [1.54, 1.807) is 0 Å². The summed E-state index contributed by atoms with van der Waals surface area (Å²) in [5, 5.41) is 10.4. The highest BCUT2D eigenvalue weighted by Gasteiger charge is 2.22. The van der Waals surface area contributed by atoms with Gasteiger partial charge in [0.15, 0.2) is 0 Å². The molecule has 0 bridgehead atoms. The molecule has 1 aromatic carbocycles. The predicted molar refractivity (Wildman–Crippen MR) is 105 cm³/mol. The molecule has 3 aromatic heterocycles. The lowest BCUT2D eigenvalue weighted by atomic mass is 10.0. The molecule has 8 heteroatoms. The predicted octanol–water partition coefficient (Wildman–Crippen LogP) is 2.04. The van der Waals surface area contributed by atoms with E-state index in [1.807, 2.05) is 38.2 Å². The summed E-state index contributed by atoms with van der Waals surface area (Å²) in [4.78, 5) is 44.3. The van der Waals surface area contributed by atoms with Crippen molar-refractivity contribution in [1.82, 2.24) is 19.1 Å². The van der Waals surface area contributed by atoms with Crippen molar-refractivity contribution in [1.29, 1.82) is 0 Å². The highest BCUT2D eigenvalue weighted by Crippen LogP contribution is 2.29. The molecule has 28 heavy (non-hydrogen) atoms. The van der Waals surface area contributed by atoms with Crippen LogP contribution < -0.4 is 11.2 Å². The van der Waals surface area contributed by atoms with Crippen LogP contribution in [-0.4, -0.2) is 30.2 Å². The number of fused-ring (bicyclic) bond motifs is 2. The van der Waals surface area contributed by atoms with Gasteiger partial charge in [-0.15, -0.1) is 0 Å². The number of aliphatic carboxylic acids is 1. The van der Waals surface area contributed by atoms with Crippen LogP contribution in [0.3, 0.4) is 0 Å². The number of carboxylic acids is 1. The van der Waals surface area contributed by atoms with Crippen molar-refractivity contribution in [3.05, 3.63) is 74.8 Å². The summed E-state index contributed by atoms with van der Waals surface area (Å²) >= 11 is 0. The molecule has 0 spiro atoms. The average Bonchev–Trinajstić information content (AvgIpc) is 3.10. The van der Waals surface area contributed by atoms with Gasteiger partial charge in [0.25, 0.3) is 5.56 Å². The molecule has 4 aromatic rings. The molecular formula is C20H18N4O4. The van der Waals surface area contributed by atoms with Gasteiger partial charge in [0.05, 0.1) is 23.1 Å². The molecule has 0 amide bonds. The summed E-state index contributed by atoms with van der Waals surface area (Å²) in [6.07, 6.45) is 4.75. The van der Waals surface area contributed by atoms with Crippen molar-refractivity contribution in [3.63, 3.8) is 0 Å². The van der Waals surface area contributed by atoms with Crippen molar-refractivity contribution in [2.45, 2.75) is 26.4 Å². The largest absolute Gasteiger partial charge is 0.480 e. The lowest BCUT2D eigenvalue weighted by molar-refractivity contribution is -0.137. The van der Waals surface area contributed by atoms with E-state index in [0.29, 0.717) is 5.52 Å². The second kappa shape index (κ2) is 6.49. The van der Waals surface area contributed by atoms with Crippen molar-refractivity contribution in [2.24, 2.45) is 0 Å². The van der Waals surface area contributed by atoms with E-state index in [4.69, 9.17) is 5.11 Å². The maximum absolute atomic E-state index is 13.1. The average molecular weight is 378 g/mol. The van der Waals surface area contributed by atoms with Crippen LogP contribution in [0.15, 0.2) is 52.4 Å². The number of rotatable bonds is 4. The second-order valence-electron chi connectivity index (χ2n) is 6.75. The van der Waals surface area contributed by atoms with Crippen LogP contribution in [-0.2, 0) is 11.3 Å². The third-order valence-electron chi connectivity index (χ3n) is 5.05. The molecule has 2 N–H and O–H groups in total. The molecule has 1 unspecified atom stereocenters. The summed E-state index contributed by atoms with van der Waals surface area (Å²) in [7, 11) is 0. The number of carbonyl (C=O) groups is 1. The summed E-state index contributed by atoms with van der Waals surface area (Å²) in [5.41, 5.74) is 1.92. The highest BCUT2D eigenvalue weighted by molar-refractivity contribution is 5.87. The van der Waals surface area contributed by atoms with Gasteiger partial charge in [-0.05, 0) is 31.5 Å². The van der Waals surface area contributed by atoms with Gasteiger partial charge in [-0.3, -0.25) is 19.1 Å². The number of aromatic amines is 1. The third-order valence-corrected chi connectivity index (χ3v) is 5.05. The Labute approximate surface area is 158 Å². The molecule has 0 radical (unpaired) electrons. The zero-order valence-electron chi connectivity index (χ0n) is 15.3. The van der Waals surface area contributed by atoms with E-state index >= 15 is 0 Å². The fourth-order valence-electron chi connectivity index (χ4n) is 3.74. The van der Waals surface area contributed by atoms with Crippen LogP contribution in [0.2, 0.25) is 0 Å². The van der Waals surface area contributed by atoms with Crippen molar-refractivity contribution < 1.29 is 9.90 Å². The van der Waals surface area contributed by atoms with E-state index in [-0.39, 0.29) is 5.39 Å². The summed E-state index contributed by atoms with van der Waals surface area (Å²) in [5.74, 6) is -1.25. The first-order valence-corrected chi connectivity index (χ1v) is 8.77. The minimum Gasteiger partial charge on any atom is -0.480 e. The number of aromatic nitrogens is 4. The zero-order valence-corrected chi connectivity index (χ0v) is 15.3. The summed E-state index contributed by atoms with van der Waals surface area (Å²) in [6, 6.07) is 6.93. The fraction of sp³-hybridized carbons (Fsp3) is 0.200. The van der Waals surface area contributed by atoms with Crippen molar-refractivity contribution in [2.75, 3.05) is 0 Å². The number of hydrogen-bond acceptors (Lipinski definition) is 4. The smallest absolute Gasteiger partial charge is 0.332 e. The van der Waals surface area contributed by atoms with Crippen LogP contribution in [0.25, 0.3) is 21.8 Å². The van der Waals surface area contributed by atoms with Gasteiger partial charge in [0, 0.05) is 28.9 Å². The second-order valence-corrected chi connectivity index (χ2v) is 6.75. The zero-order chi connectivity index (χ0) is 20.0. The minimum atomic E-state index is -1.25. The Morgan fingerprint density at radius 1 is 1.29 bits per heavy atom. The van der Waals surface area contributed by atoms with E-state index in [9.17, 15) is 14.4 Å². The number of nitrogens with one attached hydrogen (secondary N) is 1. The molecule has 0 fully saturated rings. The topological polar surface area (TPSA) is 110 Å². The third kappa shape index (κ3) is 2.61. The quantitative estimate of drug-likeness (QED) is 0.565. The molecular weight excluding hydrogens is 360 g/mol. The Hall–Kier alpha value is -3.68. The van der Waals surface area contributed by atoms with Crippen molar-refractivity contribution in [3.8, 4) is 0 Å². The van der Waals surface area contributed by atoms with Crippen LogP contribution in [0.5, 0.6) is 0 Å². The van der Waals surface area contributed by atoms with E-state index in [0.717, 1.165) is 26.6 Å². The molecule has 142 valence electrons. The van der Waals surface area contributed by atoms with Crippen LogP contribution >= 0.6 is 0 Å². The lowest BCUT2D eigenvalue weighted by Gasteiger charge is -2.19.